The molecule has 2 atom stereocenters. The minimum atomic E-state index is -0.278. The van der Waals surface area contributed by atoms with Crippen LogP contribution in [0.3, 0.4) is 0 Å². The molecule has 3 heteroatoms. The van der Waals surface area contributed by atoms with Crippen LogP contribution < -0.4 is 0 Å². The Bertz CT molecular complexity index is 60.1. The topological polar surface area (TPSA) is 29.5 Å². The standard InChI is InChI=1S/C6H13BrO2/c1-5(9-2)3-6(8)4-7/h5-6,8H,3-4H2,1-2H3. The molecule has 0 aromatic carbocycles. The summed E-state index contributed by atoms with van der Waals surface area (Å²) in [4.78, 5) is 0. The van der Waals surface area contributed by atoms with Gasteiger partial charge in [0.2, 0.25) is 0 Å². The summed E-state index contributed by atoms with van der Waals surface area (Å²) in [5.41, 5.74) is 0. The van der Waals surface area contributed by atoms with Gasteiger partial charge in [-0.25, -0.2) is 0 Å². The normalized spacial score (nSPS) is 17.3. The van der Waals surface area contributed by atoms with E-state index >= 15 is 0 Å². The van der Waals surface area contributed by atoms with E-state index in [4.69, 9.17) is 9.84 Å². The number of aliphatic hydroxyl groups excluding tert-OH is 1. The van der Waals surface area contributed by atoms with Crippen LogP contribution in [0.25, 0.3) is 0 Å². The Kier molecular flexibility index (Phi) is 5.44. The molecule has 0 bridgehead atoms. The van der Waals surface area contributed by atoms with Gasteiger partial charge in [-0.15, -0.1) is 0 Å². The van der Waals surface area contributed by atoms with Gasteiger partial charge in [-0.05, 0) is 6.92 Å². The van der Waals surface area contributed by atoms with Crippen molar-refractivity contribution in [1.29, 1.82) is 0 Å². The van der Waals surface area contributed by atoms with Crippen LogP contribution in [0.2, 0.25) is 0 Å². The van der Waals surface area contributed by atoms with Crippen molar-refractivity contribution < 1.29 is 9.84 Å². The van der Waals surface area contributed by atoms with E-state index in [0.29, 0.717) is 11.8 Å². The Morgan fingerprint density at radius 2 is 2.22 bits per heavy atom. The number of alkyl halides is 1. The third-order valence-corrected chi connectivity index (χ3v) is 1.93. The first-order valence-electron chi connectivity index (χ1n) is 2.97. The summed E-state index contributed by atoms with van der Waals surface area (Å²) < 4.78 is 4.94. The van der Waals surface area contributed by atoms with Crippen molar-refractivity contribution in [3.05, 3.63) is 0 Å². The molecule has 0 radical (unpaired) electrons. The van der Waals surface area contributed by atoms with E-state index in [0.717, 1.165) is 0 Å². The number of hydrogen-bond donors (Lipinski definition) is 1. The van der Waals surface area contributed by atoms with Gasteiger partial charge < -0.3 is 9.84 Å². The van der Waals surface area contributed by atoms with Crippen molar-refractivity contribution in [3.8, 4) is 0 Å². The predicted octanol–water partition coefficient (Wildman–Crippen LogP) is 1.17. The van der Waals surface area contributed by atoms with Crippen molar-refractivity contribution in [3.63, 3.8) is 0 Å². The Balaban J connectivity index is 3.22. The van der Waals surface area contributed by atoms with Crippen molar-refractivity contribution >= 4 is 15.9 Å². The number of halogens is 1. The summed E-state index contributed by atoms with van der Waals surface area (Å²) >= 11 is 3.17. The quantitative estimate of drug-likeness (QED) is 0.685. The lowest BCUT2D eigenvalue weighted by atomic mass is 10.2. The second-order valence-corrected chi connectivity index (χ2v) is 2.74. The zero-order valence-corrected chi connectivity index (χ0v) is 7.39. The van der Waals surface area contributed by atoms with Gasteiger partial charge in [0.05, 0.1) is 12.2 Å². The van der Waals surface area contributed by atoms with Gasteiger partial charge in [-0.1, -0.05) is 15.9 Å². The molecule has 2 nitrogen and oxygen atoms in total. The lowest BCUT2D eigenvalue weighted by Gasteiger charge is -2.11. The highest BCUT2D eigenvalue weighted by Crippen LogP contribution is 2.02. The summed E-state index contributed by atoms with van der Waals surface area (Å²) in [6, 6.07) is 0. The summed E-state index contributed by atoms with van der Waals surface area (Å²) in [6.45, 7) is 1.94. The molecular formula is C6H13BrO2. The average Bonchev–Trinajstić information content (AvgIpc) is 1.87. The molecule has 2 unspecified atom stereocenters. The maximum absolute atomic E-state index is 9.03. The molecule has 0 saturated heterocycles. The predicted molar refractivity (Wildman–Crippen MR) is 40.9 cm³/mol. The number of hydrogen-bond acceptors (Lipinski definition) is 2. The zero-order valence-electron chi connectivity index (χ0n) is 5.80. The molecule has 0 aliphatic carbocycles. The minimum Gasteiger partial charge on any atom is -0.392 e. The molecule has 9 heavy (non-hydrogen) atoms. The number of methoxy groups -OCH3 is 1. The van der Waals surface area contributed by atoms with Gasteiger partial charge in [0.15, 0.2) is 0 Å². The number of aliphatic hydroxyl groups is 1. The lowest BCUT2D eigenvalue weighted by Crippen LogP contribution is -2.17. The zero-order chi connectivity index (χ0) is 7.28. The Hall–Kier alpha value is 0.400. The van der Waals surface area contributed by atoms with Crippen molar-refractivity contribution in [2.24, 2.45) is 0 Å². The van der Waals surface area contributed by atoms with Crippen LogP contribution in [0.15, 0.2) is 0 Å². The maximum Gasteiger partial charge on any atom is 0.0661 e. The molecule has 56 valence electrons. The molecule has 0 spiro atoms. The van der Waals surface area contributed by atoms with Crippen LogP contribution >= 0.6 is 15.9 Å². The molecular weight excluding hydrogens is 184 g/mol. The van der Waals surface area contributed by atoms with Crippen molar-refractivity contribution in [1.82, 2.24) is 0 Å². The fourth-order valence-corrected chi connectivity index (χ4v) is 0.807. The number of rotatable bonds is 4. The second-order valence-electron chi connectivity index (χ2n) is 2.09. The summed E-state index contributed by atoms with van der Waals surface area (Å²) in [6.07, 6.45) is 0.569. The van der Waals surface area contributed by atoms with Crippen molar-refractivity contribution in [2.75, 3.05) is 12.4 Å². The molecule has 0 saturated carbocycles. The molecule has 0 amide bonds. The Labute approximate surface area is 64.3 Å². The largest absolute Gasteiger partial charge is 0.392 e. The van der Waals surface area contributed by atoms with E-state index in [1.165, 1.54) is 0 Å². The third-order valence-electron chi connectivity index (χ3n) is 1.18. The first-order chi connectivity index (χ1) is 4.20. The minimum absolute atomic E-state index is 0.151. The van der Waals surface area contributed by atoms with E-state index < -0.39 is 0 Å². The van der Waals surface area contributed by atoms with Crippen LogP contribution in [0.5, 0.6) is 0 Å². The number of ether oxygens (including phenoxy) is 1. The summed E-state index contributed by atoms with van der Waals surface area (Å²) in [5.74, 6) is 0. The smallest absolute Gasteiger partial charge is 0.0661 e. The molecule has 0 rings (SSSR count). The van der Waals surface area contributed by atoms with E-state index in [2.05, 4.69) is 15.9 Å². The highest BCUT2D eigenvalue weighted by molar-refractivity contribution is 9.09. The average molecular weight is 197 g/mol. The van der Waals surface area contributed by atoms with E-state index in [9.17, 15) is 0 Å². The molecule has 0 aromatic heterocycles. The molecule has 0 fully saturated rings. The first-order valence-corrected chi connectivity index (χ1v) is 4.09. The SMILES string of the molecule is COC(C)CC(O)CBr. The molecule has 0 heterocycles. The van der Waals surface area contributed by atoms with Gasteiger partial charge in [0, 0.05) is 18.9 Å². The van der Waals surface area contributed by atoms with Crippen LogP contribution in [0.4, 0.5) is 0 Å². The van der Waals surface area contributed by atoms with Crippen LogP contribution in [-0.2, 0) is 4.74 Å². The molecule has 1 N–H and O–H groups in total. The van der Waals surface area contributed by atoms with E-state index in [1.807, 2.05) is 6.92 Å². The van der Waals surface area contributed by atoms with E-state index in [1.54, 1.807) is 7.11 Å². The van der Waals surface area contributed by atoms with Gasteiger partial charge in [0.1, 0.15) is 0 Å². The second kappa shape index (κ2) is 5.21. The van der Waals surface area contributed by atoms with Gasteiger partial charge >= 0.3 is 0 Å². The van der Waals surface area contributed by atoms with Crippen LogP contribution in [0.1, 0.15) is 13.3 Å². The summed E-state index contributed by atoms with van der Waals surface area (Å²) in [5, 5.41) is 9.66. The van der Waals surface area contributed by atoms with Gasteiger partial charge in [0.25, 0.3) is 0 Å². The highest BCUT2D eigenvalue weighted by Gasteiger charge is 2.06. The Morgan fingerprint density at radius 1 is 1.67 bits per heavy atom. The van der Waals surface area contributed by atoms with Gasteiger partial charge in [-0.2, -0.15) is 0 Å². The summed E-state index contributed by atoms with van der Waals surface area (Å²) in [7, 11) is 1.64. The van der Waals surface area contributed by atoms with Crippen molar-refractivity contribution in [2.45, 2.75) is 25.6 Å². The fraction of sp³-hybridized carbons (Fsp3) is 1.00. The maximum atomic E-state index is 9.03. The molecule has 0 aromatic rings. The van der Waals surface area contributed by atoms with Crippen LogP contribution in [0, 0.1) is 0 Å². The first kappa shape index (κ1) is 9.40. The van der Waals surface area contributed by atoms with E-state index in [-0.39, 0.29) is 12.2 Å². The molecule has 0 aliphatic heterocycles. The molecule has 0 aliphatic rings. The third kappa shape index (κ3) is 4.88. The lowest BCUT2D eigenvalue weighted by molar-refractivity contribution is 0.0655. The Morgan fingerprint density at radius 3 is 2.56 bits per heavy atom. The monoisotopic (exact) mass is 196 g/mol. The highest BCUT2D eigenvalue weighted by atomic mass is 79.9. The van der Waals surface area contributed by atoms with Crippen LogP contribution in [-0.4, -0.2) is 29.8 Å². The fourth-order valence-electron chi connectivity index (χ4n) is 0.542. The van der Waals surface area contributed by atoms with Gasteiger partial charge in [-0.3, -0.25) is 0 Å².